The molecule has 0 aliphatic carbocycles. The first-order valence-corrected chi connectivity index (χ1v) is 5.48. The van der Waals surface area contributed by atoms with Gasteiger partial charge in [-0.15, -0.1) is 0 Å². The molecular formula is C10H8CaO3S. The molecule has 0 heterocycles. The van der Waals surface area contributed by atoms with E-state index in [1.54, 1.807) is 30.3 Å². The van der Waals surface area contributed by atoms with Crippen LogP contribution in [-0.2, 0) is 10.1 Å². The molecule has 0 unspecified atom stereocenters. The van der Waals surface area contributed by atoms with Gasteiger partial charge in [-0.05, 0) is 11.5 Å². The number of rotatable bonds is 1. The second kappa shape index (κ2) is 4.80. The summed E-state index contributed by atoms with van der Waals surface area (Å²) in [5.74, 6) is 0. The second-order valence-corrected chi connectivity index (χ2v) is 4.34. The Kier molecular flexibility index (Phi) is 4.14. The number of hydrogen-bond donors (Lipinski definition) is 1. The van der Waals surface area contributed by atoms with Crippen molar-refractivity contribution in [2.24, 2.45) is 0 Å². The molecule has 3 nitrogen and oxygen atoms in total. The van der Waals surface area contributed by atoms with E-state index in [0.29, 0.717) is 5.39 Å². The molecule has 0 aliphatic heterocycles. The Morgan fingerprint density at radius 2 is 1.53 bits per heavy atom. The minimum absolute atomic E-state index is 0. The maximum atomic E-state index is 11.0. The summed E-state index contributed by atoms with van der Waals surface area (Å²) in [6.07, 6.45) is 0. The molecule has 0 amide bonds. The molecule has 0 fully saturated rings. The Hall–Kier alpha value is -0.130. The van der Waals surface area contributed by atoms with Crippen molar-refractivity contribution in [1.82, 2.24) is 0 Å². The van der Waals surface area contributed by atoms with E-state index in [4.69, 9.17) is 4.55 Å². The van der Waals surface area contributed by atoms with E-state index in [1.807, 2.05) is 6.07 Å². The third-order valence-corrected chi connectivity index (χ3v) is 2.94. The van der Waals surface area contributed by atoms with Crippen LogP contribution in [0.2, 0.25) is 0 Å². The van der Waals surface area contributed by atoms with Gasteiger partial charge in [0.15, 0.2) is 0 Å². The minimum atomic E-state index is -4.13. The fourth-order valence-corrected chi connectivity index (χ4v) is 2.13. The molecule has 0 saturated heterocycles. The molecule has 0 aliphatic rings. The van der Waals surface area contributed by atoms with Crippen molar-refractivity contribution in [2.75, 3.05) is 0 Å². The van der Waals surface area contributed by atoms with Gasteiger partial charge in [0.05, 0.1) is 0 Å². The van der Waals surface area contributed by atoms with E-state index >= 15 is 0 Å². The summed E-state index contributed by atoms with van der Waals surface area (Å²) >= 11 is 0. The van der Waals surface area contributed by atoms with Crippen LogP contribution in [0.5, 0.6) is 0 Å². The molecule has 2 rings (SSSR count). The quantitative estimate of drug-likeness (QED) is 0.617. The fraction of sp³-hybridized carbons (Fsp3) is 0. The van der Waals surface area contributed by atoms with Crippen molar-refractivity contribution in [2.45, 2.75) is 4.90 Å². The molecule has 2 aromatic rings. The first-order chi connectivity index (χ1) is 6.59. The van der Waals surface area contributed by atoms with Gasteiger partial charge >= 0.3 is 0 Å². The van der Waals surface area contributed by atoms with Gasteiger partial charge in [0.25, 0.3) is 10.1 Å². The monoisotopic (exact) mass is 248 g/mol. The zero-order valence-electron chi connectivity index (χ0n) is 7.92. The molecular weight excluding hydrogens is 240 g/mol. The average molecular weight is 248 g/mol. The van der Waals surface area contributed by atoms with E-state index < -0.39 is 10.1 Å². The molecule has 0 aromatic heterocycles. The van der Waals surface area contributed by atoms with Crippen molar-refractivity contribution in [3.63, 3.8) is 0 Å². The van der Waals surface area contributed by atoms with Crippen LogP contribution in [0.3, 0.4) is 0 Å². The molecule has 2 radical (unpaired) electrons. The van der Waals surface area contributed by atoms with E-state index in [0.717, 1.165) is 5.39 Å². The summed E-state index contributed by atoms with van der Waals surface area (Å²) in [6.45, 7) is 0. The summed E-state index contributed by atoms with van der Waals surface area (Å²) in [5, 5.41) is 1.33. The summed E-state index contributed by atoms with van der Waals surface area (Å²) in [4.78, 5) is -0.0457. The predicted molar refractivity (Wildman–Crippen MR) is 59.5 cm³/mol. The SMILES string of the molecule is O=S(=O)(O)c1cccc2ccccc12.[Ca]. The topological polar surface area (TPSA) is 54.4 Å². The molecule has 0 saturated carbocycles. The average Bonchev–Trinajstić information content (AvgIpc) is 2.15. The third kappa shape index (κ3) is 2.71. The summed E-state index contributed by atoms with van der Waals surface area (Å²) < 4.78 is 31.0. The van der Waals surface area contributed by atoms with Crippen molar-refractivity contribution >= 4 is 58.6 Å². The van der Waals surface area contributed by atoms with Crippen molar-refractivity contribution in [3.8, 4) is 0 Å². The predicted octanol–water partition coefficient (Wildman–Crippen LogP) is 1.71. The first kappa shape index (κ1) is 12.9. The second-order valence-electron chi connectivity index (χ2n) is 2.95. The standard InChI is InChI=1S/C10H8O3S.Ca/c11-14(12,13)10-7-3-5-8-4-1-2-6-9(8)10;/h1-7H,(H,11,12,13);. The Balaban J connectivity index is 0.00000112. The molecule has 0 bridgehead atoms. The molecule has 1 N–H and O–H groups in total. The Morgan fingerprint density at radius 3 is 2.20 bits per heavy atom. The zero-order chi connectivity index (χ0) is 10.2. The van der Waals surface area contributed by atoms with Crippen LogP contribution >= 0.6 is 0 Å². The Bertz CT molecular complexity index is 573. The molecule has 15 heavy (non-hydrogen) atoms. The molecule has 0 spiro atoms. The van der Waals surface area contributed by atoms with E-state index in [9.17, 15) is 8.42 Å². The van der Waals surface area contributed by atoms with Gasteiger partial charge in [0.1, 0.15) is 4.90 Å². The van der Waals surface area contributed by atoms with Gasteiger partial charge in [0, 0.05) is 43.1 Å². The third-order valence-electron chi connectivity index (χ3n) is 2.03. The smallest absolute Gasteiger partial charge is 0.282 e. The van der Waals surface area contributed by atoms with E-state index in [1.165, 1.54) is 6.07 Å². The maximum Gasteiger partial charge on any atom is 0.295 e. The van der Waals surface area contributed by atoms with Gasteiger partial charge in [-0.2, -0.15) is 8.42 Å². The van der Waals surface area contributed by atoms with Crippen molar-refractivity contribution < 1.29 is 13.0 Å². The van der Waals surface area contributed by atoms with Gasteiger partial charge in [0.2, 0.25) is 0 Å². The summed E-state index contributed by atoms with van der Waals surface area (Å²) in [6, 6.07) is 11.8. The fourth-order valence-electron chi connectivity index (χ4n) is 1.42. The van der Waals surface area contributed by atoms with E-state index in [-0.39, 0.29) is 42.6 Å². The van der Waals surface area contributed by atoms with Crippen LogP contribution < -0.4 is 0 Å². The molecule has 5 heteroatoms. The summed E-state index contributed by atoms with van der Waals surface area (Å²) in [7, 11) is -4.13. The number of fused-ring (bicyclic) bond motifs is 1. The number of hydrogen-bond acceptors (Lipinski definition) is 2. The zero-order valence-corrected chi connectivity index (χ0v) is 10.9. The minimum Gasteiger partial charge on any atom is -0.282 e. The van der Waals surface area contributed by atoms with Gasteiger partial charge in [-0.25, -0.2) is 0 Å². The van der Waals surface area contributed by atoms with Crippen LogP contribution in [-0.4, -0.2) is 50.7 Å². The van der Waals surface area contributed by atoms with E-state index in [2.05, 4.69) is 0 Å². The largest absolute Gasteiger partial charge is 0.295 e. The normalized spacial score (nSPS) is 11.0. The van der Waals surface area contributed by atoms with Crippen LogP contribution in [0.1, 0.15) is 0 Å². The maximum absolute atomic E-state index is 11.0. The van der Waals surface area contributed by atoms with Crippen LogP contribution in [0, 0.1) is 0 Å². The van der Waals surface area contributed by atoms with Crippen molar-refractivity contribution in [1.29, 1.82) is 0 Å². The number of benzene rings is 2. The summed E-state index contributed by atoms with van der Waals surface area (Å²) in [5.41, 5.74) is 0. The van der Waals surface area contributed by atoms with Gasteiger partial charge in [-0.1, -0.05) is 36.4 Å². The first-order valence-electron chi connectivity index (χ1n) is 4.04. The Morgan fingerprint density at radius 1 is 0.933 bits per heavy atom. The van der Waals surface area contributed by atoms with Gasteiger partial charge in [-0.3, -0.25) is 4.55 Å². The molecule has 2 aromatic carbocycles. The van der Waals surface area contributed by atoms with Crippen LogP contribution in [0.25, 0.3) is 10.8 Å². The molecule has 0 atom stereocenters. The van der Waals surface area contributed by atoms with Gasteiger partial charge < -0.3 is 0 Å². The van der Waals surface area contributed by atoms with Crippen molar-refractivity contribution in [3.05, 3.63) is 42.5 Å². The van der Waals surface area contributed by atoms with Crippen LogP contribution in [0.4, 0.5) is 0 Å². The van der Waals surface area contributed by atoms with Crippen LogP contribution in [0.15, 0.2) is 47.4 Å². The molecule has 74 valence electrons. The Labute approximate surface area is 118 Å².